The van der Waals surface area contributed by atoms with Crippen molar-refractivity contribution in [2.24, 2.45) is 7.05 Å². The number of ether oxygens (including phenoxy) is 1. The van der Waals surface area contributed by atoms with Gasteiger partial charge in [0.15, 0.2) is 11.5 Å². The number of hydrogen-bond acceptors (Lipinski definition) is 6. The van der Waals surface area contributed by atoms with Crippen LogP contribution in [0.4, 0.5) is 10.7 Å². The highest BCUT2D eigenvalue weighted by atomic mass is 32.1. The largest absolute Gasteiger partial charge is 0.492 e. The standard InChI is InChI=1S/C14H20N4O2S/c1-4-9(19)13-11(15)12(20-3)14(21-13)17-6-5-10-16-7-8-18(10)2/h7-8,17H,4-6,15H2,1-3H3. The van der Waals surface area contributed by atoms with Crippen molar-refractivity contribution in [3.8, 4) is 5.75 Å². The van der Waals surface area contributed by atoms with E-state index in [1.54, 1.807) is 13.3 Å². The van der Waals surface area contributed by atoms with Gasteiger partial charge in [-0.2, -0.15) is 0 Å². The zero-order chi connectivity index (χ0) is 15.4. The lowest BCUT2D eigenvalue weighted by atomic mass is 10.2. The van der Waals surface area contributed by atoms with Crippen molar-refractivity contribution >= 4 is 27.8 Å². The summed E-state index contributed by atoms with van der Waals surface area (Å²) < 4.78 is 7.29. The molecular formula is C14H20N4O2S. The van der Waals surface area contributed by atoms with Gasteiger partial charge in [-0.15, -0.1) is 11.3 Å². The average Bonchev–Trinajstić information content (AvgIpc) is 3.02. The highest BCUT2D eigenvalue weighted by Gasteiger charge is 2.20. The second-order valence-electron chi connectivity index (χ2n) is 4.62. The highest BCUT2D eigenvalue weighted by Crippen LogP contribution is 2.42. The molecule has 2 rings (SSSR count). The van der Waals surface area contributed by atoms with Crippen molar-refractivity contribution in [2.75, 3.05) is 24.7 Å². The number of aromatic nitrogens is 2. The van der Waals surface area contributed by atoms with Crippen molar-refractivity contribution in [3.63, 3.8) is 0 Å². The molecule has 0 bridgehead atoms. The minimum Gasteiger partial charge on any atom is -0.492 e. The molecule has 0 aliphatic rings. The van der Waals surface area contributed by atoms with Gasteiger partial charge in [-0.3, -0.25) is 4.79 Å². The van der Waals surface area contributed by atoms with Crippen LogP contribution in [0.3, 0.4) is 0 Å². The molecule has 0 aromatic carbocycles. The summed E-state index contributed by atoms with van der Waals surface area (Å²) in [7, 11) is 3.52. The smallest absolute Gasteiger partial charge is 0.176 e. The third kappa shape index (κ3) is 3.18. The summed E-state index contributed by atoms with van der Waals surface area (Å²) in [4.78, 5) is 16.7. The van der Waals surface area contributed by atoms with Gasteiger partial charge in [-0.1, -0.05) is 6.92 Å². The first-order chi connectivity index (χ1) is 10.1. The van der Waals surface area contributed by atoms with Gasteiger partial charge in [-0.25, -0.2) is 4.98 Å². The van der Waals surface area contributed by atoms with Gasteiger partial charge in [-0.05, 0) is 0 Å². The molecule has 0 aliphatic heterocycles. The summed E-state index contributed by atoms with van der Waals surface area (Å²) in [6, 6.07) is 0. The van der Waals surface area contributed by atoms with Crippen LogP contribution in [0.15, 0.2) is 12.4 Å². The number of aryl methyl sites for hydroxylation is 1. The Morgan fingerprint density at radius 2 is 2.33 bits per heavy atom. The first-order valence-electron chi connectivity index (χ1n) is 6.78. The van der Waals surface area contributed by atoms with Gasteiger partial charge in [0.2, 0.25) is 0 Å². The van der Waals surface area contributed by atoms with Crippen LogP contribution in [-0.4, -0.2) is 29.0 Å². The lowest BCUT2D eigenvalue weighted by Crippen LogP contribution is -2.08. The topological polar surface area (TPSA) is 82.2 Å². The van der Waals surface area contributed by atoms with E-state index in [2.05, 4.69) is 10.3 Å². The number of imidazole rings is 1. The van der Waals surface area contributed by atoms with Crippen molar-refractivity contribution in [1.82, 2.24) is 9.55 Å². The lowest BCUT2D eigenvalue weighted by Gasteiger charge is -2.07. The quantitative estimate of drug-likeness (QED) is 0.767. The fraction of sp³-hybridized carbons (Fsp3) is 0.429. The second kappa shape index (κ2) is 6.62. The fourth-order valence-corrected chi connectivity index (χ4v) is 3.17. The van der Waals surface area contributed by atoms with E-state index >= 15 is 0 Å². The van der Waals surface area contributed by atoms with Crippen molar-refractivity contribution < 1.29 is 9.53 Å². The Bertz CT molecular complexity index is 633. The molecule has 0 amide bonds. The predicted molar refractivity (Wildman–Crippen MR) is 85.3 cm³/mol. The van der Waals surface area contributed by atoms with E-state index in [0.29, 0.717) is 29.3 Å². The molecule has 0 fully saturated rings. The average molecular weight is 308 g/mol. The van der Waals surface area contributed by atoms with Crippen molar-refractivity contribution in [2.45, 2.75) is 19.8 Å². The molecule has 0 unspecified atom stereocenters. The number of nitrogens with two attached hydrogens (primary N) is 1. The Balaban J connectivity index is 2.09. The number of ketones is 1. The Morgan fingerprint density at radius 1 is 1.57 bits per heavy atom. The van der Waals surface area contributed by atoms with Crippen molar-refractivity contribution in [1.29, 1.82) is 0 Å². The number of hydrogen-bond donors (Lipinski definition) is 2. The Hall–Kier alpha value is -2.02. The maximum atomic E-state index is 11.9. The van der Waals surface area contributed by atoms with Crippen molar-refractivity contribution in [3.05, 3.63) is 23.1 Å². The molecule has 0 aliphatic carbocycles. The number of nitrogen functional groups attached to an aromatic ring is 1. The Morgan fingerprint density at radius 3 is 2.90 bits per heavy atom. The zero-order valence-corrected chi connectivity index (χ0v) is 13.3. The summed E-state index contributed by atoms with van der Waals surface area (Å²) >= 11 is 1.35. The third-order valence-corrected chi connectivity index (χ3v) is 4.42. The molecule has 6 nitrogen and oxygen atoms in total. The minimum absolute atomic E-state index is 0.0351. The van der Waals surface area contributed by atoms with Crippen LogP contribution in [0.2, 0.25) is 0 Å². The summed E-state index contributed by atoms with van der Waals surface area (Å²) in [5.41, 5.74) is 6.41. The Kier molecular flexibility index (Phi) is 4.85. The normalized spacial score (nSPS) is 10.6. The molecule has 0 saturated heterocycles. The monoisotopic (exact) mass is 308 g/mol. The van der Waals surface area contributed by atoms with Crippen LogP contribution in [-0.2, 0) is 13.5 Å². The molecule has 2 heterocycles. The van der Waals surface area contributed by atoms with Gasteiger partial charge < -0.3 is 20.4 Å². The Labute approximate surface area is 127 Å². The van der Waals surface area contributed by atoms with Gasteiger partial charge in [0.25, 0.3) is 0 Å². The number of nitrogens with zero attached hydrogens (tertiary/aromatic N) is 2. The van der Waals surface area contributed by atoms with E-state index in [9.17, 15) is 4.79 Å². The van der Waals surface area contributed by atoms with E-state index in [1.807, 2.05) is 24.7 Å². The number of rotatable bonds is 7. The van der Waals surface area contributed by atoms with Gasteiger partial charge in [0.05, 0.1) is 17.7 Å². The maximum absolute atomic E-state index is 11.9. The van der Waals surface area contributed by atoms with E-state index in [4.69, 9.17) is 10.5 Å². The lowest BCUT2D eigenvalue weighted by molar-refractivity contribution is 0.0992. The summed E-state index contributed by atoms with van der Waals surface area (Å²) in [5.74, 6) is 1.58. The molecule has 3 N–H and O–H groups in total. The molecular weight excluding hydrogens is 288 g/mol. The first kappa shape index (κ1) is 15.4. The van der Waals surface area contributed by atoms with E-state index in [-0.39, 0.29) is 5.78 Å². The minimum atomic E-state index is 0.0351. The van der Waals surface area contributed by atoms with Crippen LogP contribution in [0.5, 0.6) is 5.75 Å². The number of anilines is 2. The van der Waals surface area contributed by atoms with Crippen LogP contribution in [0.1, 0.15) is 28.8 Å². The van der Waals surface area contributed by atoms with E-state index in [0.717, 1.165) is 17.2 Å². The number of thiophene rings is 1. The van der Waals surface area contributed by atoms with Gasteiger partial charge >= 0.3 is 0 Å². The molecule has 2 aromatic heterocycles. The molecule has 114 valence electrons. The van der Waals surface area contributed by atoms with E-state index < -0.39 is 0 Å². The second-order valence-corrected chi connectivity index (χ2v) is 5.64. The summed E-state index contributed by atoms with van der Waals surface area (Å²) in [6.45, 7) is 2.52. The SMILES string of the molecule is CCC(=O)c1sc(NCCc2nccn2C)c(OC)c1N. The molecule has 0 atom stereocenters. The zero-order valence-electron chi connectivity index (χ0n) is 12.5. The molecule has 2 aromatic rings. The van der Waals surface area contributed by atoms with Crippen LogP contribution < -0.4 is 15.8 Å². The molecule has 0 saturated carbocycles. The maximum Gasteiger partial charge on any atom is 0.176 e. The highest BCUT2D eigenvalue weighted by molar-refractivity contribution is 7.19. The molecule has 0 spiro atoms. The number of methoxy groups -OCH3 is 1. The first-order valence-corrected chi connectivity index (χ1v) is 7.59. The summed E-state index contributed by atoms with van der Waals surface area (Å²) in [6.07, 6.45) is 4.90. The number of carbonyl (C=O) groups is 1. The number of nitrogens with one attached hydrogen (secondary N) is 1. The molecule has 0 radical (unpaired) electrons. The third-order valence-electron chi connectivity index (χ3n) is 3.23. The summed E-state index contributed by atoms with van der Waals surface area (Å²) in [5, 5.41) is 4.07. The van der Waals surface area contributed by atoms with Crippen LogP contribution in [0.25, 0.3) is 0 Å². The van der Waals surface area contributed by atoms with E-state index in [1.165, 1.54) is 11.3 Å². The predicted octanol–water partition coefficient (Wildman–Crippen LogP) is 2.32. The molecule has 21 heavy (non-hydrogen) atoms. The number of Topliss-reactive ketones (excluding diaryl/α,β-unsaturated/α-hetero) is 1. The van der Waals surface area contributed by atoms with Crippen LogP contribution >= 0.6 is 11.3 Å². The fourth-order valence-electron chi connectivity index (χ4n) is 2.04. The van der Waals surface area contributed by atoms with Gasteiger partial charge in [0.1, 0.15) is 10.8 Å². The van der Waals surface area contributed by atoms with Crippen LogP contribution in [0, 0.1) is 0 Å². The van der Waals surface area contributed by atoms with Gasteiger partial charge in [0, 0.05) is 38.8 Å². The molecule has 7 heteroatoms. The number of carbonyl (C=O) groups excluding carboxylic acids is 1.